The Bertz CT molecular complexity index is 433. The fraction of sp³-hybridized carbons (Fsp3) is 0.692. The first-order valence-electron chi connectivity index (χ1n) is 6.57. The van der Waals surface area contributed by atoms with Crippen LogP contribution in [0.2, 0.25) is 0 Å². The van der Waals surface area contributed by atoms with Gasteiger partial charge in [0.2, 0.25) is 5.95 Å². The molecule has 1 aromatic rings. The monoisotopic (exact) mass is 266 g/mol. The molecule has 6 heteroatoms. The third-order valence-corrected chi connectivity index (χ3v) is 3.41. The maximum atomic E-state index is 10.5. The van der Waals surface area contributed by atoms with Crippen LogP contribution in [-0.2, 0) is 4.74 Å². The van der Waals surface area contributed by atoms with E-state index in [1.54, 1.807) is 7.05 Å². The van der Waals surface area contributed by atoms with Gasteiger partial charge in [-0.05, 0) is 6.92 Å². The lowest BCUT2D eigenvalue weighted by Gasteiger charge is -2.35. The zero-order valence-electron chi connectivity index (χ0n) is 11.8. The van der Waals surface area contributed by atoms with Gasteiger partial charge in [-0.2, -0.15) is 4.98 Å². The summed E-state index contributed by atoms with van der Waals surface area (Å²) in [4.78, 5) is 10.7. The third kappa shape index (κ3) is 3.54. The molecule has 0 aliphatic carbocycles. The van der Waals surface area contributed by atoms with E-state index >= 15 is 0 Å². The fourth-order valence-corrected chi connectivity index (χ4v) is 2.29. The van der Waals surface area contributed by atoms with E-state index in [9.17, 15) is 5.11 Å². The summed E-state index contributed by atoms with van der Waals surface area (Å²) in [6, 6.07) is 1.92. The van der Waals surface area contributed by atoms with Crippen LogP contribution in [0.15, 0.2) is 6.07 Å². The number of hydrogen-bond acceptors (Lipinski definition) is 6. The summed E-state index contributed by atoms with van der Waals surface area (Å²) >= 11 is 0. The van der Waals surface area contributed by atoms with E-state index in [-0.39, 0.29) is 0 Å². The number of hydrogen-bond donors (Lipinski definition) is 2. The Labute approximate surface area is 113 Å². The van der Waals surface area contributed by atoms with Crippen molar-refractivity contribution >= 4 is 11.8 Å². The molecule has 2 N–H and O–H groups in total. The average molecular weight is 266 g/mol. The second kappa shape index (κ2) is 5.71. The van der Waals surface area contributed by atoms with Crippen LogP contribution in [0.25, 0.3) is 0 Å². The van der Waals surface area contributed by atoms with Gasteiger partial charge in [0.25, 0.3) is 0 Å². The summed E-state index contributed by atoms with van der Waals surface area (Å²) in [6.45, 7) is 3.73. The summed E-state index contributed by atoms with van der Waals surface area (Å²) in [5, 5.41) is 13.5. The summed E-state index contributed by atoms with van der Waals surface area (Å²) < 4.78 is 5.29. The first-order chi connectivity index (χ1) is 9.02. The van der Waals surface area contributed by atoms with Crippen molar-refractivity contribution < 1.29 is 9.84 Å². The molecule has 1 aliphatic heterocycles. The molecule has 0 unspecified atom stereocenters. The SMILES string of the molecule is CNc1nc(C)cc(N(C)CC2(O)CCOCC2)n1. The highest BCUT2D eigenvalue weighted by molar-refractivity contribution is 5.44. The Kier molecular flexibility index (Phi) is 4.21. The van der Waals surface area contributed by atoms with Gasteiger partial charge >= 0.3 is 0 Å². The number of ether oxygens (including phenoxy) is 1. The van der Waals surface area contributed by atoms with Crippen LogP contribution in [0.5, 0.6) is 0 Å². The molecule has 1 aromatic heterocycles. The predicted molar refractivity (Wildman–Crippen MR) is 74.6 cm³/mol. The summed E-state index contributed by atoms with van der Waals surface area (Å²) in [7, 11) is 3.74. The molecule has 6 nitrogen and oxygen atoms in total. The molecule has 0 aromatic carbocycles. The fourth-order valence-electron chi connectivity index (χ4n) is 2.29. The molecule has 0 amide bonds. The third-order valence-electron chi connectivity index (χ3n) is 3.41. The van der Waals surface area contributed by atoms with Gasteiger partial charge in [-0.3, -0.25) is 0 Å². The largest absolute Gasteiger partial charge is 0.388 e. The van der Waals surface area contributed by atoms with E-state index in [4.69, 9.17) is 4.74 Å². The second-order valence-corrected chi connectivity index (χ2v) is 5.13. The number of aryl methyl sites for hydroxylation is 1. The molecule has 106 valence electrons. The molecule has 0 radical (unpaired) electrons. The van der Waals surface area contributed by atoms with Crippen LogP contribution in [0, 0.1) is 6.92 Å². The van der Waals surface area contributed by atoms with E-state index in [0.29, 0.717) is 38.5 Å². The maximum absolute atomic E-state index is 10.5. The van der Waals surface area contributed by atoms with Gasteiger partial charge in [0.15, 0.2) is 0 Å². The summed E-state index contributed by atoms with van der Waals surface area (Å²) in [5.41, 5.74) is 0.214. The molecule has 0 saturated carbocycles. The van der Waals surface area contributed by atoms with Crippen LogP contribution in [0.3, 0.4) is 0 Å². The van der Waals surface area contributed by atoms with Gasteiger partial charge in [-0.15, -0.1) is 0 Å². The molecule has 0 bridgehead atoms. The van der Waals surface area contributed by atoms with Crippen molar-refractivity contribution in [2.75, 3.05) is 44.1 Å². The van der Waals surface area contributed by atoms with Crippen LogP contribution >= 0.6 is 0 Å². The minimum absolute atomic E-state index is 0.552. The first kappa shape index (κ1) is 14.0. The minimum Gasteiger partial charge on any atom is -0.388 e. The normalized spacial score (nSPS) is 18.1. The lowest BCUT2D eigenvalue weighted by atomic mass is 9.94. The number of anilines is 2. The van der Waals surface area contributed by atoms with E-state index in [1.165, 1.54) is 0 Å². The van der Waals surface area contributed by atoms with E-state index in [1.807, 2.05) is 24.9 Å². The number of aliphatic hydroxyl groups is 1. The highest BCUT2D eigenvalue weighted by Gasteiger charge is 2.31. The van der Waals surface area contributed by atoms with Crippen molar-refractivity contribution in [1.29, 1.82) is 0 Å². The predicted octanol–water partition coefficient (Wildman–Crippen LogP) is 0.804. The van der Waals surface area contributed by atoms with Crippen LogP contribution in [0.1, 0.15) is 18.5 Å². The van der Waals surface area contributed by atoms with Crippen molar-refractivity contribution in [2.45, 2.75) is 25.4 Å². The zero-order valence-corrected chi connectivity index (χ0v) is 11.8. The average Bonchev–Trinajstić information content (AvgIpc) is 2.38. The van der Waals surface area contributed by atoms with Gasteiger partial charge in [0.05, 0.1) is 5.60 Å². The number of nitrogens with zero attached hydrogens (tertiary/aromatic N) is 3. The van der Waals surface area contributed by atoms with Crippen LogP contribution in [0.4, 0.5) is 11.8 Å². The van der Waals surface area contributed by atoms with Crippen LogP contribution < -0.4 is 10.2 Å². The molecule has 0 spiro atoms. The number of nitrogens with one attached hydrogen (secondary N) is 1. The quantitative estimate of drug-likeness (QED) is 0.840. The molecule has 0 atom stereocenters. The van der Waals surface area contributed by atoms with Gasteiger partial charge in [0.1, 0.15) is 5.82 Å². The Hall–Kier alpha value is -1.40. The second-order valence-electron chi connectivity index (χ2n) is 5.13. The minimum atomic E-state index is -0.689. The Morgan fingerprint density at radius 1 is 1.42 bits per heavy atom. The molecular formula is C13H22N4O2. The van der Waals surface area contributed by atoms with Gasteiger partial charge in [-0.1, -0.05) is 0 Å². The maximum Gasteiger partial charge on any atom is 0.224 e. The standard InChI is InChI=1S/C13H22N4O2/c1-10-8-11(16-12(14-2)15-10)17(3)9-13(18)4-6-19-7-5-13/h8,18H,4-7,9H2,1-3H3,(H,14,15,16). The summed E-state index contributed by atoms with van der Waals surface area (Å²) in [6.07, 6.45) is 1.33. The molecule has 1 aliphatic rings. The lowest BCUT2D eigenvalue weighted by Crippen LogP contribution is -2.46. The first-order valence-corrected chi connectivity index (χ1v) is 6.57. The summed E-state index contributed by atoms with van der Waals surface area (Å²) in [5.74, 6) is 1.41. The number of rotatable bonds is 4. The Morgan fingerprint density at radius 3 is 2.74 bits per heavy atom. The Balaban J connectivity index is 2.10. The zero-order chi connectivity index (χ0) is 13.9. The molecular weight excluding hydrogens is 244 g/mol. The van der Waals surface area contributed by atoms with E-state index in [2.05, 4.69) is 15.3 Å². The van der Waals surface area contributed by atoms with Crippen molar-refractivity contribution in [2.24, 2.45) is 0 Å². The molecule has 19 heavy (non-hydrogen) atoms. The number of likely N-dealkylation sites (N-methyl/N-ethyl adjacent to an activating group) is 1. The van der Waals surface area contributed by atoms with Gasteiger partial charge < -0.3 is 20.1 Å². The van der Waals surface area contributed by atoms with Crippen molar-refractivity contribution in [3.63, 3.8) is 0 Å². The van der Waals surface area contributed by atoms with Crippen molar-refractivity contribution in [3.8, 4) is 0 Å². The van der Waals surface area contributed by atoms with Crippen molar-refractivity contribution in [1.82, 2.24) is 9.97 Å². The van der Waals surface area contributed by atoms with Gasteiger partial charge in [-0.25, -0.2) is 4.98 Å². The topological polar surface area (TPSA) is 70.5 Å². The highest BCUT2D eigenvalue weighted by atomic mass is 16.5. The lowest BCUT2D eigenvalue weighted by molar-refractivity contribution is -0.0573. The molecule has 1 fully saturated rings. The molecule has 2 heterocycles. The Morgan fingerprint density at radius 2 is 2.11 bits per heavy atom. The smallest absolute Gasteiger partial charge is 0.224 e. The molecule has 2 rings (SSSR count). The highest BCUT2D eigenvalue weighted by Crippen LogP contribution is 2.23. The van der Waals surface area contributed by atoms with Crippen molar-refractivity contribution in [3.05, 3.63) is 11.8 Å². The number of aromatic nitrogens is 2. The van der Waals surface area contributed by atoms with E-state index < -0.39 is 5.60 Å². The van der Waals surface area contributed by atoms with Gasteiger partial charge in [0, 0.05) is 58.5 Å². The van der Waals surface area contributed by atoms with Crippen LogP contribution in [-0.4, -0.2) is 54.5 Å². The molecule has 1 saturated heterocycles. The van der Waals surface area contributed by atoms with E-state index in [0.717, 1.165) is 11.5 Å².